The molecule has 0 heterocycles. The largest absolute Gasteiger partial charge is 0.310 e. The first-order valence-corrected chi connectivity index (χ1v) is 18.9. The minimum atomic E-state index is 1.09. The van der Waals surface area contributed by atoms with Gasteiger partial charge in [0.15, 0.2) is 0 Å². The van der Waals surface area contributed by atoms with Crippen LogP contribution < -0.4 is 4.90 Å². The minimum absolute atomic E-state index is 1.09. The molecule has 0 aliphatic heterocycles. The molecule has 0 aromatic heterocycles. The molecule has 0 unspecified atom stereocenters. The summed E-state index contributed by atoms with van der Waals surface area (Å²) in [7, 11) is 0. The Labute approximate surface area is 322 Å². The van der Waals surface area contributed by atoms with E-state index in [1.54, 1.807) is 0 Å². The molecule has 10 aromatic carbocycles. The van der Waals surface area contributed by atoms with Crippen molar-refractivity contribution in [1.82, 2.24) is 0 Å². The first-order valence-electron chi connectivity index (χ1n) is 18.9. The van der Waals surface area contributed by atoms with Crippen LogP contribution in [0.1, 0.15) is 0 Å². The second kappa shape index (κ2) is 14.0. The van der Waals surface area contributed by atoms with Crippen molar-refractivity contribution in [3.63, 3.8) is 0 Å². The second-order valence-corrected chi connectivity index (χ2v) is 14.1. The predicted octanol–water partition coefficient (Wildman–Crippen LogP) is 15.3. The monoisotopic (exact) mass is 699 g/mol. The molecular formula is C54H37N. The Morgan fingerprint density at radius 3 is 1.38 bits per heavy atom. The lowest BCUT2D eigenvalue weighted by Gasteiger charge is -2.29. The van der Waals surface area contributed by atoms with E-state index in [1.165, 1.54) is 76.8 Å². The molecule has 0 saturated carbocycles. The van der Waals surface area contributed by atoms with Crippen LogP contribution in [0.3, 0.4) is 0 Å². The summed E-state index contributed by atoms with van der Waals surface area (Å²) in [4.78, 5) is 2.44. The van der Waals surface area contributed by atoms with Crippen molar-refractivity contribution >= 4 is 49.4 Å². The highest BCUT2D eigenvalue weighted by atomic mass is 15.1. The zero-order valence-corrected chi connectivity index (χ0v) is 30.3. The van der Waals surface area contributed by atoms with Crippen molar-refractivity contribution in [1.29, 1.82) is 0 Å². The van der Waals surface area contributed by atoms with E-state index in [1.807, 2.05) is 0 Å². The van der Waals surface area contributed by atoms with Gasteiger partial charge in [0, 0.05) is 16.9 Å². The number of fused-ring (bicyclic) bond motifs is 3. The van der Waals surface area contributed by atoms with Crippen LogP contribution in [0, 0.1) is 0 Å². The molecule has 55 heavy (non-hydrogen) atoms. The van der Waals surface area contributed by atoms with Gasteiger partial charge in [-0.25, -0.2) is 0 Å². The fraction of sp³-hybridized carbons (Fsp3) is 0. The zero-order valence-electron chi connectivity index (χ0n) is 30.3. The van der Waals surface area contributed by atoms with E-state index in [2.05, 4.69) is 229 Å². The quantitative estimate of drug-likeness (QED) is 0.160. The Morgan fingerprint density at radius 1 is 0.236 bits per heavy atom. The number of hydrogen-bond acceptors (Lipinski definition) is 1. The van der Waals surface area contributed by atoms with E-state index in [4.69, 9.17) is 0 Å². The summed E-state index contributed by atoms with van der Waals surface area (Å²) in [6.45, 7) is 0. The minimum Gasteiger partial charge on any atom is -0.310 e. The molecule has 1 heteroatoms. The van der Waals surface area contributed by atoms with Gasteiger partial charge in [-0.2, -0.15) is 0 Å². The first kappa shape index (κ1) is 32.4. The van der Waals surface area contributed by atoms with Crippen molar-refractivity contribution in [2.75, 3.05) is 4.90 Å². The maximum atomic E-state index is 2.44. The van der Waals surface area contributed by atoms with E-state index >= 15 is 0 Å². The lowest BCUT2D eigenvalue weighted by molar-refractivity contribution is 1.28. The van der Waals surface area contributed by atoms with E-state index < -0.39 is 0 Å². The molecule has 0 amide bonds. The summed E-state index contributed by atoms with van der Waals surface area (Å²) in [6.07, 6.45) is 0. The number of hydrogen-bond donors (Lipinski definition) is 0. The predicted molar refractivity (Wildman–Crippen MR) is 235 cm³/mol. The Bertz CT molecular complexity index is 2950. The molecule has 0 bridgehead atoms. The van der Waals surface area contributed by atoms with Crippen LogP contribution in [-0.2, 0) is 0 Å². The Morgan fingerprint density at radius 2 is 0.709 bits per heavy atom. The lowest BCUT2D eigenvalue weighted by atomic mass is 9.92. The Balaban J connectivity index is 1.19. The molecule has 10 rings (SSSR count). The smallest absolute Gasteiger partial charge is 0.0546 e. The average molecular weight is 700 g/mol. The molecule has 0 atom stereocenters. The van der Waals surface area contributed by atoms with Crippen molar-refractivity contribution in [2.24, 2.45) is 0 Å². The average Bonchev–Trinajstić information content (AvgIpc) is 3.27. The zero-order chi connectivity index (χ0) is 36.6. The molecule has 0 aliphatic carbocycles. The molecule has 0 saturated heterocycles. The lowest BCUT2D eigenvalue weighted by Crippen LogP contribution is -2.11. The SMILES string of the molecule is c1ccc(-c2ccc(N(c3ccc(-c4ccc5ccccc5c4)cc3)c3cc(-c4cccc5ccccc45)ccc3-c3cccc4ccccc34)cc2)cc1. The van der Waals surface area contributed by atoms with Crippen LogP contribution in [0.15, 0.2) is 224 Å². The molecule has 0 fully saturated rings. The van der Waals surface area contributed by atoms with Gasteiger partial charge in [0.2, 0.25) is 0 Å². The number of anilines is 3. The van der Waals surface area contributed by atoms with Gasteiger partial charge in [0.25, 0.3) is 0 Å². The molecule has 0 radical (unpaired) electrons. The molecule has 0 N–H and O–H groups in total. The van der Waals surface area contributed by atoms with E-state index in [9.17, 15) is 0 Å². The molecule has 1 nitrogen and oxygen atoms in total. The van der Waals surface area contributed by atoms with Gasteiger partial charge in [0.05, 0.1) is 5.69 Å². The Hall–Kier alpha value is -7.22. The molecule has 258 valence electrons. The Kier molecular flexibility index (Phi) is 8.24. The molecule has 0 aliphatic rings. The van der Waals surface area contributed by atoms with Gasteiger partial charge in [-0.3, -0.25) is 0 Å². The third kappa shape index (κ3) is 6.12. The van der Waals surface area contributed by atoms with Crippen LogP contribution in [0.25, 0.3) is 76.8 Å². The number of benzene rings is 10. The van der Waals surface area contributed by atoms with E-state index in [0.717, 1.165) is 17.1 Å². The standard InChI is InChI=1S/C54H37N/c1-2-12-38(13-3-1)40-26-31-47(32-27-40)55(48-33-28-41(29-34-48)45-25-24-39-14-4-5-17-44(39)36-45)54-37-46(51-22-10-18-42-15-6-8-20-49(42)51)30-35-53(54)52-23-11-19-43-16-7-9-21-50(43)52/h1-37H. The van der Waals surface area contributed by atoms with Crippen LogP contribution in [0.4, 0.5) is 17.1 Å². The van der Waals surface area contributed by atoms with Gasteiger partial charge in [-0.1, -0.05) is 188 Å². The number of rotatable bonds is 7. The van der Waals surface area contributed by atoms with Gasteiger partial charge < -0.3 is 4.90 Å². The number of nitrogens with zero attached hydrogens (tertiary/aromatic N) is 1. The highest BCUT2D eigenvalue weighted by molar-refractivity contribution is 6.04. The summed E-state index contributed by atoms with van der Waals surface area (Å²) in [5.41, 5.74) is 12.9. The van der Waals surface area contributed by atoms with E-state index in [0.29, 0.717) is 0 Å². The maximum absolute atomic E-state index is 2.44. The first-order chi connectivity index (χ1) is 27.3. The highest BCUT2D eigenvalue weighted by Crippen LogP contribution is 2.46. The van der Waals surface area contributed by atoms with Crippen LogP contribution in [-0.4, -0.2) is 0 Å². The van der Waals surface area contributed by atoms with Crippen LogP contribution >= 0.6 is 0 Å². The summed E-state index contributed by atoms with van der Waals surface area (Å²) in [6, 6.07) is 81.6. The third-order valence-corrected chi connectivity index (χ3v) is 10.9. The summed E-state index contributed by atoms with van der Waals surface area (Å²) in [5, 5.41) is 7.43. The van der Waals surface area contributed by atoms with Gasteiger partial charge in [0.1, 0.15) is 0 Å². The fourth-order valence-corrected chi connectivity index (χ4v) is 8.08. The normalized spacial score (nSPS) is 11.3. The molecule has 10 aromatic rings. The molecular weight excluding hydrogens is 663 g/mol. The van der Waals surface area contributed by atoms with Crippen LogP contribution in [0.5, 0.6) is 0 Å². The topological polar surface area (TPSA) is 3.24 Å². The van der Waals surface area contributed by atoms with Crippen molar-refractivity contribution in [3.05, 3.63) is 224 Å². The highest BCUT2D eigenvalue weighted by Gasteiger charge is 2.20. The van der Waals surface area contributed by atoms with E-state index in [-0.39, 0.29) is 0 Å². The summed E-state index contributed by atoms with van der Waals surface area (Å²) < 4.78 is 0. The summed E-state index contributed by atoms with van der Waals surface area (Å²) in [5.74, 6) is 0. The third-order valence-electron chi connectivity index (χ3n) is 10.9. The van der Waals surface area contributed by atoms with Crippen molar-refractivity contribution in [2.45, 2.75) is 0 Å². The van der Waals surface area contributed by atoms with Crippen molar-refractivity contribution in [3.8, 4) is 44.5 Å². The van der Waals surface area contributed by atoms with Crippen LogP contribution in [0.2, 0.25) is 0 Å². The van der Waals surface area contributed by atoms with Gasteiger partial charge in [-0.15, -0.1) is 0 Å². The fourth-order valence-electron chi connectivity index (χ4n) is 8.08. The molecule has 0 spiro atoms. The van der Waals surface area contributed by atoms with Gasteiger partial charge >= 0.3 is 0 Å². The second-order valence-electron chi connectivity index (χ2n) is 14.1. The summed E-state index contributed by atoms with van der Waals surface area (Å²) >= 11 is 0. The van der Waals surface area contributed by atoms with Gasteiger partial charge in [-0.05, 0) is 108 Å². The van der Waals surface area contributed by atoms with Crippen molar-refractivity contribution < 1.29 is 0 Å². The maximum Gasteiger partial charge on any atom is 0.0546 e.